The summed E-state index contributed by atoms with van der Waals surface area (Å²) in [7, 11) is 0. The molecule has 0 saturated heterocycles. The number of allylic oxidation sites excluding steroid dienone is 1. The Hall–Kier alpha value is -0.510. The highest BCUT2D eigenvalue weighted by Gasteiger charge is 2.40. The maximum atomic E-state index is 12.1. The van der Waals surface area contributed by atoms with Gasteiger partial charge in [-0.2, -0.15) is 13.2 Å². The van der Waals surface area contributed by atoms with Gasteiger partial charge in [-0.15, -0.1) is 0 Å². The van der Waals surface area contributed by atoms with E-state index in [-0.39, 0.29) is 5.57 Å². The molecule has 76 valence electrons. The SMILES string of the molecule is OC(C1=CCCCCC1)C(F)(F)F. The first-order valence-electron chi connectivity index (χ1n) is 4.45. The molecule has 0 aliphatic heterocycles. The summed E-state index contributed by atoms with van der Waals surface area (Å²) in [6, 6.07) is 0. The summed E-state index contributed by atoms with van der Waals surface area (Å²) in [5, 5.41) is 8.94. The van der Waals surface area contributed by atoms with Gasteiger partial charge in [0.1, 0.15) is 0 Å². The van der Waals surface area contributed by atoms with Crippen LogP contribution in [-0.2, 0) is 0 Å². The summed E-state index contributed by atoms with van der Waals surface area (Å²) in [6.07, 6.45) is -1.56. The molecule has 0 heterocycles. The van der Waals surface area contributed by atoms with Crippen molar-refractivity contribution in [2.24, 2.45) is 0 Å². The molecule has 1 rings (SSSR count). The summed E-state index contributed by atoms with van der Waals surface area (Å²) in [6.45, 7) is 0. The monoisotopic (exact) mass is 194 g/mol. The standard InChI is InChI=1S/C9H13F3O/c10-9(11,12)8(13)7-5-3-1-2-4-6-7/h5,8,13H,1-4,6H2. The molecule has 1 atom stereocenters. The van der Waals surface area contributed by atoms with Crippen LogP contribution < -0.4 is 0 Å². The highest BCUT2D eigenvalue weighted by atomic mass is 19.4. The van der Waals surface area contributed by atoms with Crippen LogP contribution in [0.15, 0.2) is 11.6 Å². The van der Waals surface area contributed by atoms with Crippen molar-refractivity contribution in [3.63, 3.8) is 0 Å². The van der Waals surface area contributed by atoms with Crippen LogP contribution in [0.1, 0.15) is 32.1 Å². The highest BCUT2D eigenvalue weighted by molar-refractivity contribution is 5.11. The van der Waals surface area contributed by atoms with Crippen LogP contribution in [0.4, 0.5) is 13.2 Å². The van der Waals surface area contributed by atoms with Gasteiger partial charge in [0.15, 0.2) is 6.10 Å². The van der Waals surface area contributed by atoms with Gasteiger partial charge in [-0.1, -0.05) is 12.5 Å². The van der Waals surface area contributed by atoms with Crippen LogP contribution in [0.25, 0.3) is 0 Å². The fourth-order valence-corrected chi connectivity index (χ4v) is 1.50. The zero-order valence-electron chi connectivity index (χ0n) is 7.27. The van der Waals surface area contributed by atoms with E-state index in [1.54, 1.807) is 0 Å². The lowest BCUT2D eigenvalue weighted by molar-refractivity contribution is -0.191. The molecule has 1 nitrogen and oxygen atoms in total. The molecule has 4 heteroatoms. The average Bonchev–Trinajstić information content (AvgIpc) is 2.28. The van der Waals surface area contributed by atoms with Crippen molar-refractivity contribution in [1.82, 2.24) is 0 Å². The molecule has 0 aromatic rings. The van der Waals surface area contributed by atoms with Crippen molar-refractivity contribution in [2.75, 3.05) is 0 Å². The number of hydrogen-bond acceptors (Lipinski definition) is 1. The molecular weight excluding hydrogens is 181 g/mol. The summed E-state index contributed by atoms with van der Waals surface area (Å²) in [5.74, 6) is 0. The van der Waals surface area contributed by atoms with E-state index < -0.39 is 12.3 Å². The molecule has 0 bridgehead atoms. The maximum absolute atomic E-state index is 12.1. The number of hydrogen-bond donors (Lipinski definition) is 1. The molecule has 1 aliphatic carbocycles. The zero-order valence-corrected chi connectivity index (χ0v) is 7.27. The predicted molar refractivity (Wildman–Crippen MR) is 43.2 cm³/mol. The predicted octanol–water partition coefficient (Wildman–Crippen LogP) is 2.80. The lowest BCUT2D eigenvalue weighted by atomic mass is 10.0. The molecule has 1 N–H and O–H groups in total. The van der Waals surface area contributed by atoms with Gasteiger partial charge in [0.2, 0.25) is 0 Å². The van der Waals surface area contributed by atoms with Crippen LogP contribution in [0.2, 0.25) is 0 Å². The van der Waals surface area contributed by atoms with E-state index in [0.29, 0.717) is 12.8 Å². The summed E-state index contributed by atoms with van der Waals surface area (Å²) in [4.78, 5) is 0. The second-order valence-electron chi connectivity index (χ2n) is 3.32. The van der Waals surface area contributed by atoms with Gasteiger partial charge in [-0.3, -0.25) is 0 Å². The van der Waals surface area contributed by atoms with Crippen molar-refractivity contribution in [2.45, 2.75) is 44.4 Å². The van der Waals surface area contributed by atoms with Crippen molar-refractivity contribution in [1.29, 1.82) is 0 Å². The van der Waals surface area contributed by atoms with E-state index in [2.05, 4.69) is 0 Å². The molecule has 0 spiro atoms. The van der Waals surface area contributed by atoms with E-state index in [0.717, 1.165) is 19.3 Å². The molecule has 13 heavy (non-hydrogen) atoms. The zero-order chi connectivity index (χ0) is 9.90. The average molecular weight is 194 g/mol. The van der Waals surface area contributed by atoms with E-state index in [9.17, 15) is 13.2 Å². The summed E-state index contributed by atoms with van der Waals surface area (Å²) < 4.78 is 36.2. The molecule has 0 aromatic heterocycles. The number of aliphatic hydroxyl groups is 1. The first kappa shape index (κ1) is 10.6. The lowest BCUT2D eigenvalue weighted by Gasteiger charge is -2.17. The third-order valence-corrected chi connectivity index (χ3v) is 2.24. The van der Waals surface area contributed by atoms with Crippen molar-refractivity contribution < 1.29 is 18.3 Å². The first-order valence-corrected chi connectivity index (χ1v) is 4.45. The molecule has 0 fully saturated rings. The van der Waals surface area contributed by atoms with E-state index in [1.807, 2.05) is 0 Å². The fraction of sp³-hybridized carbons (Fsp3) is 0.778. The Bertz CT molecular complexity index is 196. The van der Waals surface area contributed by atoms with Crippen molar-refractivity contribution in [3.05, 3.63) is 11.6 Å². The quantitative estimate of drug-likeness (QED) is 0.636. The minimum absolute atomic E-state index is 0.144. The van der Waals surface area contributed by atoms with E-state index >= 15 is 0 Å². The Labute approximate surface area is 75.3 Å². The largest absolute Gasteiger partial charge is 0.418 e. The lowest BCUT2D eigenvalue weighted by Crippen LogP contribution is -2.30. The van der Waals surface area contributed by atoms with Crippen LogP contribution in [0.5, 0.6) is 0 Å². The van der Waals surface area contributed by atoms with Crippen LogP contribution in [0.3, 0.4) is 0 Å². The Morgan fingerprint density at radius 3 is 2.54 bits per heavy atom. The van der Waals surface area contributed by atoms with Gasteiger partial charge in [0.05, 0.1) is 0 Å². The van der Waals surface area contributed by atoms with Crippen molar-refractivity contribution in [3.8, 4) is 0 Å². The normalized spacial score (nSPS) is 22.0. The third kappa shape index (κ3) is 3.03. The van der Waals surface area contributed by atoms with E-state index in [4.69, 9.17) is 5.11 Å². The molecule has 1 unspecified atom stereocenters. The van der Waals surface area contributed by atoms with Crippen molar-refractivity contribution >= 4 is 0 Å². The highest BCUT2D eigenvalue weighted by Crippen LogP contribution is 2.30. The van der Waals surface area contributed by atoms with Crippen LogP contribution >= 0.6 is 0 Å². The Balaban J connectivity index is 2.63. The molecule has 0 amide bonds. The topological polar surface area (TPSA) is 20.2 Å². The first-order chi connectivity index (χ1) is 6.02. The van der Waals surface area contributed by atoms with Gasteiger partial charge >= 0.3 is 6.18 Å². The maximum Gasteiger partial charge on any atom is 0.418 e. The second-order valence-corrected chi connectivity index (χ2v) is 3.32. The Kier molecular flexibility index (Phi) is 3.36. The van der Waals surface area contributed by atoms with Gasteiger partial charge in [-0.25, -0.2) is 0 Å². The number of alkyl halides is 3. The smallest absolute Gasteiger partial charge is 0.379 e. The third-order valence-electron chi connectivity index (χ3n) is 2.24. The molecule has 0 aromatic carbocycles. The fourth-order valence-electron chi connectivity index (χ4n) is 1.50. The van der Waals surface area contributed by atoms with Crippen LogP contribution in [0, 0.1) is 0 Å². The van der Waals surface area contributed by atoms with Gasteiger partial charge in [-0.05, 0) is 31.3 Å². The molecule has 0 saturated carbocycles. The molecule has 0 radical (unpaired) electrons. The second kappa shape index (κ2) is 4.13. The Morgan fingerprint density at radius 2 is 1.92 bits per heavy atom. The summed E-state index contributed by atoms with van der Waals surface area (Å²) in [5.41, 5.74) is 0.144. The van der Waals surface area contributed by atoms with Crippen LogP contribution in [-0.4, -0.2) is 17.4 Å². The van der Waals surface area contributed by atoms with E-state index in [1.165, 1.54) is 6.08 Å². The number of aliphatic hydroxyl groups excluding tert-OH is 1. The molecule has 1 aliphatic rings. The van der Waals surface area contributed by atoms with Gasteiger partial charge in [0, 0.05) is 0 Å². The number of rotatable bonds is 1. The van der Waals surface area contributed by atoms with Gasteiger partial charge < -0.3 is 5.11 Å². The number of halogens is 3. The minimum atomic E-state index is -4.50. The molecular formula is C9H13F3O. The summed E-state index contributed by atoms with van der Waals surface area (Å²) >= 11 is 0. The van der Waals surface area contributed by atoms with Gasteiger partial charge in [0.25, 0.3) is 0 Å². The Morgan fingerprint density at radius 1 is 1.23 bits per heavy atom. The minimum Gasteiger partial charge on any atom is -0.379 e.